The maximum absolute atomic E-state index is 13.2. The number of benzene rings is 1. The molecule has 0 fully saturated rings. The van der Waals surface area contributed by atoms with E-state index in [4.69, 9.17) is 23.2 Å². The van der Waals surface area contributed by atoms with E-state index in [-0.39, 0.29) is 12.6 Å². The van der Waals surface area contributed by atoms with Gasteiger partial charge in [-0.1, -0.05) is 29.3 Å². The van der Waals surface area contributed by atoms with E-state index in [0.29, 0.717) is 32.7 Å². The second-order valence-electron chi connectivity index (χ2n) is 6.49. The minimum absolute atomic E-state index is 0.0346. The lowest BCUT2D eigenvalue weighted by Gasteiger charge is -2.21. The molecule has 27 heavy (non-hydrogen) atoms. The Bertz CT molecular complexity index is 1240. The van der Waals surface area contributed by atoms with Crippen LogP contribution in [0.1, 0.15) is 25.5 Å². The topological polar surface area (TPSA) is 86.2 Å². The number of nitrogens with one attached hydrogen (secondary N) is 1. The molecule has 2 aromatic heterocycles. The average Bonchev–Trinajstić information content (AvgIpc) is 3.02. The minimum atomic E-state index is -0.473. The van der Waals surface area contributed by atoms with E-state index in [0.717, 1.165) is 10.3 Å². The number of rotatable bonds is 2. The molecule has 0 amide bonds. The highest BCUT2D eigenvalue weighted by atomic mass is 35.5. The molecule has 0 aliphatic carbocycles. The lowest BCUT2D eigenvalue weighted by molar-refractivity contribution is 0.645. The standard InChI is InChI=1S/C17H16Cl2N6O2/c1-8-9(2)25-13-14(20-16(25)22-21-8)23(3)17(27)24(15(13)26)7-10-4-5-11(18)6-12(10)19/h4-6,9H,7H2,1-3H3,(H,20,22). The molecule has 1 N–H and O–H groups in total. The number of aromatic nitrogens is 4. The van der Waals surface area contributed by atoms with Crippen LogP contribution in [0.5, 0.6) is 0 Å². The molecule has 1 atom stereocenters. The van der Waals surface area contributed by atoms with Gasteiger partial charge in [0.05, 0.1) is 18.3 Å². The van der Waals surface area contributed by atoms with Gasteiger partial charge in [0.15, 0.2) is 11.2 Å². The third-order valence-corrected chi connectivity index (χ3v) is 5.43. The lowest BCUT2D eigenvalue weighted by Crippen LogP contribution is -2.40. The van der Waals surface area contributed by atoms with Gasteiger partial charge in [0, 0.05) is 17.1 Å². The highest BCUT2D eigenvalue weighted by Crippen LogP contribution is 2.26. The van der Waals surface area contributed by atoms with Gasteiger partial charge < -0.3 is 0 Å². The van der Waals surface area contributed by atoms with Crippen LogP contribution in [0, 0.1) is 0 Å². The highest BCUT2D eigenvalue weighted by Gasteiger charge is 2.26. The van der Waals surface area contributed by atoms with E-state index in [2.05, 4.69) is 15.5 Å². The highest BCUT2D eigenvalue weighted by molar-refractivity contribution is 6.35. The number of nitrogens with zero attached hydrogens (tertiary/aromatic N) is 5. The summed E-state index contributed by atoms with van der Waals surface area (Å²) in [4.78, 5) is 30.4. The van der Waals surface area contributed by atoms with Crippen molar-refractivity contribution in [3.8, 4) is 0 Å². The summed E-state index contributed by atoms with van der Waals surface area (Å²) in [5.74, 6) is 0.428. The van der Waals surface area contributed by atoms with Crippen LogP contribution in [0.4, 0.5) is 5.95 Å². The Morgan fingerprint density at radius 1 is 1.26 bits per heavy atom. The molecule has 1 aliphatic heterocycles. The first kappa shape index (κ1) is 17.8. The third-order valence-electron chi connectivity index (χ3n) is 4.84. The Balaban J connectivity index is 1.98. The van der Waals surface area contributed by atoms with Crippen LogP contribution in [0.2, 0.25) is 10.0 Å². The van der Waals surface area contributed by atoms with Crippen molar-refractivity contribution in [1.29, 1.82) is 0 Å². The summed E-state index contributed by atoms with van der Waals surface area (Å²) in [5, 5.41) is 5.07. The molecule has 0 saturated carbocycles. The molecule has 0 saturated heterocycles. The van der Waals surface area contributed by atoms with E-state index in [9.17, 15) is 9.59 Å². The van der Waals surface area contributed by atoms with Gasteiger partial charge in [0.25, 0.3) is 5.56 Å². The molecule has 4 rings (SSSR count). The second-order valence-corrected chi connectivity index (χ2v) is 7.33. The van der Waals surface area contributed by atoms with Crippen molar-refractivity contribution in [2.24, 2.45) is 12.1 Å². The van der Waals surface area contributed by atoms with Crippen molar-refractivity contribution in [2.45, 2.75) is 26.4 Å². The van der Waals surface area contributed by atoms with Crippen molar-refractivity contribution in [2.75, 3.05) is 5.43 Å². The maximum Gasteiger partial charge on any atom is 0.332 e. The minimum Gasteiger partial charge on any atom is -0.294 e. The summed E-state index contributed by atoms with van der Waals surface area (Å²) in [6.07, 6.45) is 0. The van der Waals surface area contributed by atoms with Crippen molar-refractivity contribution in [3.63, 3.8) is 0 Å². The Morgan fingerprint density at radius 2 is 2.00 bits per heavy atom. The van der Waals surface area contributed by atoms with Gasteiger partial charge in [0.2, 0.25) is 5.95 Å². The summed E-state index contributed by atoms with van der Waals surface area (Å²) < 4.78 is 4.27. The summed E-state index contributed by atoms with van der Waals surface area (Å²) in [5.41, 5.74) is 4.01. The number of fused-ring (bicyclic) bond motifs is 3. The molecular formula is C17H16Cl2N6O2. The SMILES string of the molecule is CC1=NNc2nc3c(c(=O)n(Cc4ccc(Cl)cc4Cl)c(=O)n3C)n2C1C. The first-order valence-corrected chi connectivity index (χ1v) is 9.01. The van der Waals surface area contributed by atoms with Gasteiger partial charge in [0.1, 0.15) is 0 Å². The fraction of sp³-hybridized carbons (Fsp3) is 0.294. The van der Waals surface area contributed by atoms with E-state index < -0.39 is 11.2 Å². The zero-order valence-electron chi connectivity index (χ0n) is 14.8. The lowest BCUT2D eigenvalue weighted by atomic mass is 10.2. The van der Waals surface area contributed by atoms with Crippen LogP contribution in [0.15, 0.2) is 32.9 Å². The van der Waals surface area contributed by atoms with Crippen molar-refractivity contribution < 1.29 is 0 Å². The smallest absolute Gasteiger partial charge is 0.294 e. The molecule has 140 valence electrons. The number of hydrogen-bond donors (Lipinski definition) is 1. The largest absolute Gasteiger partial charge is 0.332 e. The Kier molecular flexibility index (Phi) is 4.12. The zero-order valence-corrected chi connectivity index (χ0v) is 16.3. The van der Waals surface area contributed by atoms with Gasteiger partial charge >= 0.3 is 5.69 Å². The molecule has 0 spiro atoms. The normalized spacial score (nSPS) is 16.2. The Labute approximate surface area is 163 Å². The van der Waals surface area contributed by atoms with Crippen LogP contribution in [-0.4, -0.2) is 24.4 Å². The van der Waals surface area contributed by atoms with Crippen LogP contribution in [0.25, 0.3) is 11.2 Å². The second kappa shape index (κ2) is 6.24. The number of aryl methyl sites for hydroxylation is 1. The first-order chi connectivity index (χ1) is 12.8. The van der Waals surface area contributed by atoms with Gasteiger partial charge in [-0.2, -0.15) is 10.1 Å². The molecule has 1 aromatic carbocycles. The number of halogens is 2. The molecule has 0 radical (unpaired) electrons. The number of hydrogen-bond acceptors (Lipinski definition) is 5. The molecule has 3 aromatic rings. The van der Waals surface area contributed by atoms with E-state index in [1.165, 1.54) is 4.57 Å². The fourth-order valence-corrected chi connectivity index (χ4v) is 3.64. The van der Waals surface area contributed by atoms with Gasteiger partial charge in [-0.3, -0.25) is 18.5 Å². The van der Waals surface area contributed by atoms with E-state index >= 15 is 0 Å². The maximum atomic E-state index is 13.2. The average molecular weight is 407 g/mol. The zero-order chi connectivity index (χ0) is 19.5. The quantitative estimate of drug-likeness (QED) is 0.708. The van der Waals surface area contributed by atoms with Crippen molar-refractivity contribution >= 4 is 46.0 Å². The Morgan fingerprint density at radius 3 is 2.70 bits per heavy atom. The van der Waals surface area contributed by atoms with Crippen LogP contribution in [0.3, 0.4) is 0 Å². The first-order valence-electron chi connectivity index (χ1n) is 8.25. The van der Waals surface area contributed by atoms with Crippen LogP contribution in [-0.2, 0) is 13.6 Å². The number of hydrazone groups is 1. The monoisotopic (exact) mass is 406 g/mol. The van der Waals surface area contributed by atoms with Gasteiger partial charge in [-0.15, -0.1) is 0 Å². The molecule has 1 unspecified atom stereocenters. The predicted molar refractivity (Wildman–Crippen MR) is 106 cm³/mol. The molecule has 3 heterocycles. The van der Waals surface area contributed by atoms with Gasteiger partial charge in [-0.25, -0.2) is 10.2 Å². The van der Waals surface area contributed by atoms with Gasteiger partial charge in [-0.05, 0) is 31.5 Å². The summed E-state index contributed by atoms with van der Waals surface area (Å²) in [7, 11) is 1.58. The summed E-state index contributed by atoms with van der Waals surface area (Å²) in [6.45, 7) is 3.82. The molecular weight excluding hydrogens is 391 g/mol. The molecule has 0 bridgehead atoms. The van der Waals surface area contributed by atoms with E-state index in [1.54, 1.807) is 29.8 Å². The summed E-state index contributed by atoms with van der Waals surface area (Å²) >= 11 is 12.2. The van der Waals surface area contributed by atoms with E-state index in [1.807, 2.05) is 13.8 Å². The van der Waals surface area contributed by atoms with Crippen LogP contribution < -0.4 is 16.7 Å². The van der Waals surface area contributed by atoms with Crippen molar-refractivity contribution in [3.05, 3.63) is 54.6 Å². The Hall–Kier alpha value is -2.58. The third kappa shape index (κ3) is 2.67. The van der Waals surface area contributed by atoms with Crippen molar-refractivity contribution in [1.82, 2.24) is 18.7 Å². The number of anilines is 1. The predicted octanol–water partition coefficient (Wildman–Crippen LogP) is 2.61. The molecule has 10 heteroatoms. The van der Waals surface area contributed by atoms with Crippen LogP contribution >= 0.6 is 23.2 Å². The fourth-order valence-electron chi connectivity index (χ4n) is 3.17. The molecule has 1 aliphatic rings. The summed E-state index contributed by atoms with van der Waals surface area (Å²) in [6, 6.07) is 4.79. The number of imidazole rings is 1. The molecule has 8 nitrogen and oxygen atoms in total.